The van der Waals surface area contributed by atoms with E-state index in [4.69, 9.17) is 26.1 Å². The van der Waals surface area contributed by atoms with Gasteiger partial charge in [-0.2, -0.15) is 10.4 Å². The number of hydrogen-bond donors (Lipinski definition) is 2. The van der Waals surface area contributed by atoms with Crippen LogP contribution in [0.15, 0.2) is 18.4 Å². The van der Waals surface area contributed by atoms with Gasteiger partial charge in [0.2, 0.25) is 5.60 Å². The molecule has 4 atom stereocenters. The third kappa shape index (κ3) is 2.51. The Labute approximate surface area is 164 Å². The molecule has 3 N–H and O–H groups in total. The van der Waals surface area contributed by atoms with Gasteiger partial charge >= 0.3 is 12.1 Å². The number of nitrogens with two attached hydrogens (primary N) is 1. The van der Waals surface area contributed by atoms with E-state index >= 15 is 0 Å². The zero-order chi connectivity index (χ0) is 21.0. The SMILES string of the molecule is [2H]c1cc([C@]2(C#N)O[C@H](COC(=O)C3CNC3)[C@H]3OC(=O)O[C@H]32)n2ncnc(N)c12. The van der Waals surface area contributed by atoms with Gasteiger partial charge in [0.25, 0.3) is 0 Å². The van der Waals surface area contributed by atoms with Crippen molar-refractivity contribution in [1.82, 2.24) is 19.9 Å². The predicted octanol–water partition coefficient (Wildman–Crippen LogP) is -0.904. The van der Waals surface area contributed by atoms with Gasteiger partial charge in [0, 0.05) is 13.1 Å². The maximum Gasteiger partial charge on any atom is 0.509 e. The predicted molar refractivity (Wildman–Crippen MR) is 92.0 cm³/mol. The van der Waals surface area contributed by atoms with Crippen LogP contribution in [0, 0.1) is 17.2 Å². The minimum atomic E-state index is -1.85. The van der Waals surface area contributed by atoms with E-state index < -0.39 is 36.0 Å². The number of hydrogen-bond acceptors (Lipinski definition) is 11. The average Bonchev–Trinajstić information content (AvgIpc) is 3.30. The number of nitriles is 1. The van der Waals surface area contributed by atoms with Gasteiger partial charge in [-0.3, -0.25) is 4.79 Å². The Morgan fingerprint density at radius 1 is 1.55 bits per heavy atom. The number of ether oxygens (including phenoxy) is 4. The summed E-state index contributed by atoms with van der Waals surface area (Å²) in [5.74, 6) is -0.607. The van der Waals surface area contributed by atoms with Crippen LogP contribution < -0.4 is 11.1 Å². The molecule has 0 bridgehead atoms. The van der Waals surface area contributed by atoms with E-state index in [0.717, 1.165) is 0 Å². The largest absolute Gasteiger partial charge is 0.509 e. The molecule has 2 aromatic rings. The number of anilines is 1. The van der Waals surface area contributed by atoms with Crippen LogP contribution in [0.25, 0.3) is 5.52 Å². The minimum Gasteiger partial charge on any atom is -0.462 e. The summed E-state index contributed by atoms with van der Waals surface area (Å²) in [5, 5.41) is 17.1. The molecule has 5 rings (SSSR count). The minimum absolute atomic E-state index is 0.0320. The van der Waals surface area contributed by atoms with Crippen molar-refractivity contribution in [3.05, 3.63) is 24.1 Å². The molecule has 3 saturated heterocycles. The first-order chi connectivity index (χ1) is 14.4. The van der Waals surface area contributed by atoms with Gasteiger partial charge in [-0.25, -0.2) is 14.3 Å². The Bertz CT molecular complexity index is 1100. The fraction of sp³-hybridized carbons (Fsp3) is 0.471. The van der Waals surface area contributed by atoms with Gasteiger partial charge in [0.15, 0.2) is 18.0 Å². The molecule has 150 valence electrons. The number of aromatic nitrogens is 3. The van der Waals surface area contributed by atoms with Crippen LogP contribution >= 0.6 is 0 Å². The molecule has 0 radical (unpaired) electrons. The third-order valence-corrected chi connectivity index (χ3v) is 5.30. The molecule has 0 saturated carbocycles. The van der Waals surface area contributed by atoms with Crippen molar-refractivity contribution in [1.29, 1.82) is 5.26 Å². The van der Waals surface area contributed by atoms with Crippen LogP contribution in [0.4, 0.5) is 10.6 Å². The van der Waals surface area contributed by atoms with Gasteiger partial charge in [-0.05, 0) is 12.1 Å². The summed E-state index contributed by atoms with van der Waals surface area (Å²) in [6, 6.07) is 3.35. The quantitative estimate of drug-likeness (QED) is 0.610. The summed E-state index contributed by atoms with van der Waals surface area (Å²) < 4.78 is 31.2. The van der Waals surface area contributed by atoms with Gasteiger partial charge < -0.3 is 30.0 Å². The second-order valence-electron chi connectivity index (χ2n) is 6.94. The molecule has 12 heteroatoms. The highest BCUT2D eigenvalue weighted by atomic mass is 16.8. The van der Waals surface area contributed by atoms with Crippen LogP contribution in [-0.4, -0.2) is 64.7 Å². The van der Waals surface area contributed by atoms with Crippen molar-refractivity contribution in [2.24, 2.45) is 5.92 Å². The van der Waals surface area contributed by atoms with Gasteiger partial charge in [-0.15, -0.1) is 0 Å². The standard InChI is InChI=1S/C17H16N6O6/c18-6-17(11-2-1-9-14(19)21-7-22-23(9)11)13-12(27-16(25)28-13)10(29-17)5-26-15(24)8-3-20-4-8/h1-2,7-8,10,12-13,20H,3-5H2,(H2,19,21,22)/t10-,12-,13-,17+/m1/s1/i1D. The first-order valence-corrected chi connectivity index (χ1v) is 8.87. The van der Waals surface area contributed by atoms with E-state index in [2.05, 4.69) is 15.4 Å². The highest BCUT2D eigenvalue weighted by molar-refractivity contribution is 5.74. The third-order valence-electron chi connectivity index (χ3n) is 5.30. The molecular weight excluding hydrogens is 384 g/mol. The number of nitrogen functional groups attached to an aromatic ring is 1. The van der Waals surface area contributed by atoms with E-state index in [1.165, 1.54) is 16.9 Å². The topological polar surface area (TPSA) is 163 Å². The van der Waals surface area contributed by atoms with Gasteiger partial charge in [0.05, 0.1) is 13.0 Å². The molecule has 0 spiro atoms. The molecule has 2 aromatic heterocycles. The highest BCUT2D eigenvalue weighted by Crippen LogP contribution is 2.46. The van der Waals surface area contributed by atoms with Crippen LogP contribution in [0.5, 0.6) is 0 Å². The lowest BCUT2D eigenvalue weighted by Crippen LogP contribution is -2.48. The zero-order valence-corrected chi connectivity index (χ0v) is 14.9. The molecule has 3 aliphatic rings. The number of fused-ring (bicyclic) bond motifs is 2. The molecule has 3 fully saturated rings. The van der Waals surface area contributed by atoms with Crippen LogP contribution in [-0.2, 0) is 29.3 Å². The molecule has 12 nitrogen and oxygen atoms in total. The smallest absolute Gasteiger partial charge is 0.462 e. The molecule has 0 unspecified atom stereocenters. The maximum absolute atomic E-state index is 12.1. The van der Waals surface area contributed by atoms with E-state index in [1.807, 2.05) is 6.07 Å². The average molecular weight is 401 g/mol. The van der Waals surface area contributed by atoms with Crippen molar-refractivity contribution in [3.8, 4) is 6.07 Å². The van der Waals surface area contributed by atoms with Crippen molar-refractivity contribution in [3.63, 3.8) is 0 Å². The fourth-order valence-corrected chi connectivity index (χ4v) is 3.70. The Hall–Kier alpha value is -3.43. The second-order valence-corrected chi connectivity index (χ2v) is 6.94. The first kappa shape index (κ1) is 16.5. The number of carbonyl (C=O) groups excluding carboxylic acids is 2. The number of rotatable bonds is 4. The Morgan fingerprint density at radius 2 is 2.38 bits per heavy atom. The first-order valence-electron chi connectivity index (χ1n) is 9.37. The van der Waals surface area contributed by atoms with E-state index in [-0.39, 0.29) is 35.6 Å². The lowest BCUT2D eigenvalue weighted by atomic mass is 9.92. The highest BCUT2D eigenvalue weighted by Gasteiger charge is 2.65. The fourth-order valence-electron chi connectivity index (χ4n) is 3.70. The molecule has 0 amide bonds. The monoisotopic (exact) mass is 401 g/mol. The van der Waals surface area contributed by atoms with E-state index in [1.54, 1.807) is 0 Å². The number of esters is 1. The Morgan fingerprint density at radius 3 is 3.10 bits per heavy atom. The van der Waals surface area contributed by atoms with Crippen LogP contribution in [0.1, 0.15) is 7.06 Å². The summed E-state index contributed by atoms with van der Waals surface area (Å²) in [4.78, 5) is 27.8. The Kier molecular flexibility index (Phi) is 3.58. The van der Waals surface area contributed by atoms with Crippen molar-refractivity contribution < 1.29 is 29.9 Å². The summed E-state index contributed by atoms with van der Waals surface area (Å²) in [5.41, 5.74) is 4.31. The summed E-state index contributed by atoms with van der Waals surface area (Å²) in [6.45, 7) is 0.825. The second kappa shape index (κ2) is 6.29. The van der Waals surface area contributed by atoms with Gasteiger partial charge in [0.1, 0.15) is 30.6 Å². The summed E-state index contributed by atoms with van der Waals surface area (Å²) in [6.07, 6.45) is -2.88. The van der Waals surface area contributed by atoms with Crippen LogP contribution in [0.2, 0.25) is 0 Å². The zero-order valence-electron chi connectivity index (χ0n) is 15.9. The van der Waals surface area contributed by atoms with Crippen molar-refractivity contribution in [2.45, 2.75) is 23.9 Å². The molecular formula is C17H16N6O6. The molecule has 0 aromatic carbocycles. The lowest BCUT2D eigenvalue weighted by molar-refractivity contribution is -0.157. The molecule has 5 heterocycles. The normalized spacial score (nSPS) is 31.3. The number of carbonyl (C=O) groups is 2. The maximum atomic E-state index is 12.1. The van der Waals surface area contributed by atoms with E-state index in [0.29, 0.717) is 13.1 Å². The number of nitrogens with one attached hydrogen (secondary N) is 1. The van der Waals surface area contributed by atoms with Gasteiger partial charge in [-0.1, -0.05) is 0 Å². The Balaban J connectivity index is 1.52. The number of nitrogens with zero attached hydrogens (tertiary/aromatic N) is 4. The summed E-state index contributed by atoms with van der Waals surface area (Å²) in [7, 11) is 0. The van der Waals surface area contributed by atoms with E-state index in [9.17, 15) is 14.9 Å². The molecule has 3 aliphatic heterocycles. The lowest BCUT2D eigenvalue weighted by Gasteiger charge is -2.26. The summed E-state index contributed by atoms with van der Waals surface area (Å²) >= 11 is 0. The van der Waals surface area contributed by atoms with Crippen molar-refractivity contribution in [2.75, 3.05) is 25.4 Å². The van der Waals surface area contributed by atoms with Crippen LogP contribution in [0.3, 0.4) is 0 Å². The molecule has 29 heavy (non-hydrogen) atoms. The van der Waals surface area contributed by atoms with Crippen molar-refractivity contribution >= 4 is 23.5 Å². The molecule has 0 aliphatic carbocycles.